The summed E-state index contributed by atoms with van der Waals surface area (Å²) in [6.07, 6.45) is -0.533. The molecule has 0 aromatic heterocycles. The highest BCUT2D eigenvalue weighted by molar-refractivity contribution is 5.72. The Kier molecular flexibility index (Phi) is 7.46. The second kappa shape index (κ2) is 9.13. The van der Waals surface area contributed by atoms with Crippen LogP contribution in [0.15, 0.2) is 30.3 Å². The van der Waals surface area contributed by atoms with E-state index in [0.717, 1.165) is 5.56 Å². The molecule has 5 nitrogen and oxygen atoms in total. The smallest absolute Gasteiger partial charge is 0.309 e. The van der Waals surface area contributed by atoms with Gasteiger partial charge in [-0.15, -0.1) is 0 Å². The number of carbonyl (C=O) groups excluding carboxylic acids is 2. The maximum absolute atomic E-state index is 11.7. The van der Waals surface area contributed by atoms with Gasteiger partial charge in [-0.3, -0.25) is 9.59 Å². The first kappa shape index (κ1) is 17.2. The highest BCUT2D eigenvalue weighted by atomic mass is 16.6. The molecule has 0 fully saturated rings. The van der Waals surface area contributed by atoms with E-state index < -0.39 is 12.1 Å². The Morgan fingerprint density at radius 3 is 2.24 bits per heavy atom. The molecule has 5 heteroatoms. The summed E-state index contributed by atoms with van der Waals surface area (Å²) in [4.78, 5) is 22.7. The number of rotatable bonds is 8. The number of benzene rings is 1. The van der Waals surface area contributed by atoms with Crippen molar-refractivity contribution < 1.29 is 23.8 Å². The lowest BCUT2D eigenvalue weighted by molar-refractivity contribution is -0.155. The predicted octanol–water partition coefficient (Wildman–Crippen LogP) is 2.48. The number of esters is 2. The van der Waals surface area contributed by atoms with Crippen LogP contribution in [0, 0.1) is 0 Å². The third-order valence-corrected chi connectivity index (χ3v) is 2.85. The molecule has 0 N–H and O–H groups in total. The van der Waals surface area contributed by atoms with Gasteiger partial charge in [-0.2, -0.15) is 0 Å². The highest BCUT2D eigenvalue weighted by Crippen LogP contribution is 2.08. The van der Waals surface area contributed by atoms with E-state index in [-0.39, 0.29) is 24.9 Å². The average Bonchev–Trinajstić information content (AvgIpc) is 2.45. The molecule has 0 spiro atoms. The van der Waals surface area contributed by atoms with Gasteiger partial charge < -0.3 is 14.2 Å². The lowest BCUT2D eigenvalue weighted by Gasteiger charge is -2.15. The van der Waals surface area contributed by atoms with Crippen molar-refractivity contribution in [3.63, 3.8) is 0 Å². The summed E-state index contributed by atoms with van der Waals surface area (Å²) in [5.74, 6) is -0.782. The van der Waals surface area contributed by atoms with Gasteiger partial charge in [-0.05, 0) is 19.4 Å². The molecule has 2 atom stereocenters. The SMILES string of the molecule is COC(=O)CC(C)OC(=O)CC(C)OCc1ccccc1. The minimum Gasteiger partial charge on any atom is -0.469 e. The zero-order valence-electron chi connectivity index (χ0n) is 12.7. The number of hydrogen-bond acceptors (Lipinski definition) is 5. The first-order valence-electron chi connectivity index (χ1n) is 6.93. The minimum absolute atomic E-state index is 0.0570. The first-order chi connectivity index (χ1) is 10.0. The Morgan fingerprint density at radius 2 is 1.62 bits per heavy atom. The monoisotopic (exact) mass is 294 g/mol. The fourth-order valence-corrected chi connectivity index (χ4v) is 1.74. The predicted molar refractivity (Wildman–Crippen MR) is 77.5 cm³/mol. The van der Waals surface area contributed by atoms with Gasteiger partial charge in [0.25, 0.3) is 0 Å². The number of hydrogen-bond donors (Lipinski definition) is 0. The molecular weight excluding hydrogens is 272 g/mol. The van der Waals surface area contributed by atoms with Gasteiger partial charge in [0.05, 0.1) is 32.7 Å². The van der Waals surface area contributed by atoms with Crippen molar-refractivity contribution in [3.05, 3.63) is 35.9 Å². The van der Waals surface area contributed by atoms with E-state index in [4.69, 9.17) is 9.47 Å². The largest absolute Gasteiger partial charge is 0.469 e. The molecule has 0 radical (unpaired) electrons. The molecule has 0 aliphatic rings. The molecular formula is C16H22O5. The Morgan fingerprint density at radius 1 is 1.00 bits per heavy atom. The highest BCUT2D eigenvalue weighted by Gasteiger charge is 2.16. The van der Waals surface area contributed by atoms with E-state index in [1.807, 2.05) is 37.3 Å². The van der Waals surface area contributed by atoms with Crippen LogP contribution in [0.2, 0.25) is 0 Å². The summed E-state index contributed by atoms with van der Waals surface area (Å²) in [7, 11) is 1.30. The second-order valence-electron chi connectivity index (χ2n) is 4.89. The van der Waals surface area contributed by atoms with E-state index in [0.29, 0.717) is 6.61 Å². The van der Waals surface area contributed by atoms with Crippen LogP contribution in [-0.2, 0) is 30.4 Å². The van der Waals surface area contributed by atoms with Gasteiger partial charge in [0.2, 0.25) is 0 Å². The van der Waals surface area contributed by atoms with Crippen LogP contribution in [0.4, 0.5) is 0 Å². The van der Waals surface area contributed by atoms with Gasteiger partial charge in [0.15, 0.2) is 0 Å². The van der Waals surface area contributed by atoms with Crippen LogP contribution in [0.25, 0.3) is 0 Å². The van der Waals surface area contributed by atoms with Crippen LogP contribution in [0.3, 0.4) is 0 Å². The molecule has 0 saturated carbocycles. The summed E-state index contributed by atoms with van der Waals surface area (Å²) in [5, 5.41) is 0. The Hall–Kier alpha value is -1.88. The van der Waals surface area contributed by atoms with Crippen molar-refractivity contribution in [1.82, 2.24) is 0 Å². The standard InChI is InChI=1S/C16H22O5/c1-12(20-11-14-7-5-4-6-8-14)9-16(18)21-13(2)10-15(17)19-3/h4-8,12-13H,9-11H2,1-3H3. The quantitative estimate of drug-likeness (QED) is 0.689. The summed E-state index contributed by atoms with van der Waals surface area (Å²) in [6, 6.07) is 9.73. The van der Waals surface area contributed by atoms with Crippen molar-refractivity contribution >= 4 is 11.9 Å². The second-order valence-corrected chi connectivity index (χ2v) is 4.89. The van der Waals surface area contributed by atoms with E-state index in [1.54, 1.807) is 6.92 Å². The molecule has 0 heterocycles. The molecule has 1 rings (SSSR count). The Bertz CT molecular complexity index is 443. The van der Waals surface area contributed by atoms with Crippen molar-refractivity contribution in [2.45, 2.75) is 45.5 Å². The zero-order chi connectivity index (χ0) is 15.7. The van der Waals surface area contributed by atoms with Gasteiger partial charge in [-0.1, -0.05) is 30.3 Å². The van der Waals surface area contributed by atoms with Gasteiger partial charge in [-0.25, -0.2) is 0 Å². The maximum Gasteiger partial charge on any atom is 0.309 e. The molecule has 2 unspecified atom stereocenters. The molecule has 1 aromatic rings. The van der Waals surface area contributed by atoms with Crippen molar-refractivity contribution in [1.29, 1.82) is 0 Å². The summed E-state index contributed by atoms with van der Waals surface area (Å²) in [6.45, 7) is 3.92. The molecule has 0 amide bonds. The van der Waals surface area contributed by atoms with Gasteiger partial charge >= 0.3 is 11.9 Å². The minimum atomic E-state index is -0.494. The van der Waals surface area contributed by atoms with E-state index >= 15 is 0 Å². The Labute approximate surface area is 125 Å². The fraction of sp³-hybridized carbons (Fsp3) is 0.500. The maximum atomic E-state index is 11.7. The Balaban J connectivity index is 2.25. The third kappa shape index (κ3) is 7.46. The zero-order valence-corrected chi connectivity index (χ0v) is 12.7. The summed E-state index contributed by atoms with van der Waals surface area (Å²) >= 11 is 0. The lowest BCUT2D eigenvalue weighted by atomic mass is 10.2. The van der Waals surface area contributed by atoms with Crippen LogP contribution in [-0.4, -0.2) is 31.3 Å². The van der Waals surface area contributed by atoms with E-state index in [9.17, 15) is 9.59 Å². The molecule has 21 heavy (non-hydrogen) atoms. The van der Waals surface area contributed by atoms with E-state index in [2.05, 4.69) is 4.74 Å². The fourth-order valence-electron chi connectivity index (χ4n) is 1.74. The number of methoxy groups -OCH3 is 1. The molecule has 116 valence electrons. The van der Waals surface area contributed by atoms with Crippen LogP contribution in [0.5, 0.6) is 0 Å². The molecule has 0 bridgehead atoms. The van der Waals surface area contributed by atoms with Crippen LogP contribution < -0.4 is 0 Å². The van der Waals surface area contributed by atoms with Crippen LogP contribution >= 0.6 is 0 Å². The van der Waals surface area contributed by atoms with Crippen molar-refractivity contribution in [3.8, 4) is 0 Å². The van der Waals surface area contributed by atoms with Gasteiger partial charge in [0.1, 0.15) is 6.10 Å². The topological polar surface area (TPSA) is 61.8 Å². The van der Waals surface area contributed by atoms with Crippen LogP contribution in [0.1, 0.15) is 32.3 Å². The van der Waals surface area contributed by atoms with Crippen molar-refractivity contribution in [2.75, 3.05) is 7.11 Å². The average molecular weight is 294 g/mol. The molecule has 0 aliphatic carbocycles. The first-order valence-corrected chi connectivity index (χ1v) is 6.93. The lowest BCUT2D eigenvalue weighted by Crippen LogP contribution is -2.22. The molecule has 0 saturated heterocycles. The van der Waals surface area contributed by atoms with E-state index in [1.165, 1.54) is 7.11 Å². The summed E-state index contributed by atoms with van der Waals surface area (Å²) < 4.78 is 15.2. The normalized spacial score (nSPS) is 13.3. The number of carbonyl (C=O) groups is 2. The molecule has 1 aromatic carbocycles. The number of ether oxygens (including phenoxy) is 3. The molecule has 0 aliphatic heterocycles. The van der Waals surface area contributed by atoms with Gasteiger partial charge in [0, 0.05) is 0 Å². The summed E-state index contributed by atoms with van der Waals surface area (Å²) in [5.41, 5.74) is 1.05. The third-order valence-electron chi connectivity index (χ3n) is 2.85. The van der Waals surface area contributed by atoms with Crippen molar-refractivity contribution in [2.24, 2.45) is 0 Å².